The molecule has 2 aromatic rings. The average molecular weight is 326 g/mol. The Morgan fingerprint density at radius 1 is 1.12 bits per heavy atom. The Kier molecular flexibility index (Phi) is 5.95. The van der Waals surface area contributed by atoms with Crippen molar-refractivity contribution in [2.24, 2.45) is 0 Å². The molecule has 0 fully saturated rings. The maximum atomic E-state index is 12.2. The standard InChI is InChI=1S/C19H22N2O3/c1-3-4-12-21(2)15-10-11-17(16(13-15)19(23)24)20-18(22)14-8-6-5-7-9-14/h5-11,13H,3-4,12H2,1-2H3,(H,20,22)(H,23,24). The van der Waals surface area contributed by atoms with Crippen molar-refractivity contribution in [3.63, 3.8) is 0 Å². The van der Waals surface area contributed by atoms with Crippen molar-refractivity contribution >= 4 is 23.3 Å². The Morgan fingerprint density at radius 3 is 2.46 bits per heavy atom. The van der Waals surface area contributed by atoms with Gasteiger partial charge in [0.2, 0.25) is 0 Å². The van der Waals surface area contributed by atoms with Crippen LogP contribution in [0.2, 0.25) is 0 Å². The van der Waals surface area contributed by atoms with Gasteiger partial charge in [-0.2, -0.15) is 0 Å². The van der Waals surface area contributed by atoms with Crippen molar-refractivity contribution in [2.45, 2.75) is 19.8 Å². The highest BCUT2D eigenvalue weighted by molar-refractivity contribution is 6.08. The smallest absolute Gasteiger partial charge is 0.337 e. The van der Waals surface area contributed by atoms with Crippen LogP contribution >= 0.6 is 0 Å². The zero-order valence-corrected chi connectivity index (χ0v) is 14.0. The molecule has 1 amide bonds. The first-order valence-electron chi connectivity index (χ1n) is 7.97. The minimum absolute atomic E-state index is 0.0835. The Bertz CT molecular complexity index is 714. The van der Waals surface area contributed by atoms with E-state index in [0.29, 0.717) is 11.3 Å². The molecule has 5 nitrogen and oxygen atoms in total. The lowest BCUT2D eigenvalue weighted by molar-refractivity contribution is 0.0698. The quantitative estimate of drug-likeness (QED) is 0.810. The molecule has 2 aromatic carbocycles. The second-order valence-electron chi connectivity index (χ2n) is 5.63. The van der Waals surface area contributed by atoms with Crippen LogP contribution in [0.15, 0.2) is 48.5 Å². The molecule has 0 radical (unpaired) electrons. The maximum absolute atomic E-state index is 12.2. The van der Waals surface area contributed by atoms with Gasteiger partial charge in [0.05, 0.1) is 11.3 Å². The molecule has 0 aromatic heterocycles. The fourth-order valence-corrected chi connectivity index (χ4v) is 2.36. The number of aromatic carboxylic acids is 1. The molecule has 2 N–H and O–H groups in total. The number of amides is 1. The summed E-state index contributed by atoms with van der Waals surface area (Å²) >= 11 is 0. The van der Waals surface area contributed by atoms with Crippen molar-refractivity contribution in [1.82, 2.24) is 0 Å². The number of carboxylic acid groups (broad SMARTS) is 1. The summed E-state index contributed by atoms with van der Waals surface area (Å²) in [5.74, 6) is -1.39. The summed E-state index contributed by atoms with van der Waals surface area (Å²) in [5, 5.41) is 12.1. The third kappa shape index (κ3) is 4.35. The third-order valence-corrected chi connectivity index (χ3v) is 3.81. The molecule has 0 heterocycles. The fraction of sp³-hybridized carbons (Fsp3) is 0.263. The predicted octanol–water partition coefficient (Wildman–Crippen LogP) is 3.87. The number of benzene rings is 2. The van der Waals surface area contributed by atoms with Crippen LogP contribution in [-0.2, 0) is 0 Å². The summed E-state index contributed by atoms with van der Waals surface area (Å²) in [7, 11) is 1.93. The Balaban J connectivity index is 2.24. The van der Waals surface area contributed by atoms with Crippen LogP contribution in [0.4, 0.5) is 11.4 Å². The van der Waals surface area contributed by atoms with Crippen LogP contribution in [-0.4, -0.2) is 30.6 Å². The zero-order valence-electron chi connectivity index (χ0n) is 14.0. The van der Waals surface area contributed by atoms with Gasteiger partial charge in [-0.15, -0.1) is 0 Å². The fourth-order valence-electron chi connectivity index (χ4n) is 2.36. The highest BCUT2D eigenvalue weighted by Gasteiger charge is 2.15. The summed E-state index contributed by atoms with van der Waals surface area (Å²) in [6.45, 7) is 2.96. The lowest BCUT2D eigenvalue weighted by Gasteiger charge is -2.20. The SMILES string of the molecule is CCCCN(C)c1ccc(NC(=O)c2ccccc2)c(C(=O)O)c1. The van der Waals surface area contributed by atoms with Crippen LogP contribution in [0.3, 0.4) is 0 Å². The molecule has 126 valence electrons. The Labute approximate surface area is 141 Å². The molecule has 0 saturated heterocycles. The van der Waals surface area contributed by atoms with Crippen LogP contribution in [0.5, 0.6) is 0 Å². The molecule has 0 atom stereocenters. The van der Waals surface area contributed by atoms with Gasteiger partial charge >= 0.3 is 5.97 Å². The van der Waals surface area contributed by atoms with Crippen LogP contribution in [0.25, 0.3) is 0 Å². The Hall–Kier alpha value is -2.82. The molecule has 0 aliphatic rings. The van der Waals surface area contributed by atoms with E-state index >= 15 is 0 Å². The van der Waals surface area contributed by atoms with E-state index in [1.165, 1.54) is 0 Å². The van der Waals surface area contributed by atoms with E-state index in [1.807, 2.05) is 24.1 Å². The molecule has 2 rings (SSSR count). The summed E-state index contributed by atoms with van der Waals surface area (Å²) in [6.07, 6.45) is 2.10. The van der Waals surface area contributed by atoms with E-state index < -0.39 is 5.97 Å². The normalized spacial score (nSPS) is 10.2. The summed E-state index contributed by atoms with van der Waals surface area (Å²) in [5.41, 5.74) is 1.68. The number of hydrogen-bond acceptors (Lipinski definition) is 3. The largest absolute Gasteiger partial charge is 0.478 e. The summed E-state index contributed by atoms with van der Waals surface area (Å²) < 4.78 is 0. The maximum Gasteiger partial charge on any atom is 0.337 e. The van der Waals surface area contributed by atoms with Gasteiger partial charge in [0.1, 0.15) is 0 Å². The van der Waals surface area contributed by atoms with Crippen LogP contribution < -0.4 is 10.2 Å². The Morgan fingerprint density at radius 2 is 1.83 bits per heavy atom. The van der Waals surface area contributed by atoms with Gasteiger partial charge in [-0.25, -0.2) is 4.79 Å². The van der Waals surface area contributed by atoms with Gasteiger partial charge in [-0.3, -0.25) is 4.79 Å². The van der Waals surface area contributed by atoms with E-state index in [1.54, 1.807) is 36.4 Å². The van der Waals surface area contributed by atoms with Gasteiger partial charge in [-0.05, 0) is 36.8 Å². The molecule has 0 unspecified atom stereocenters. The molecule has 0 saturated carbocycles. The lowest BCUT2D eigenvalue weighted by atomic mass is 10.1. The van der Waals surface area contributed by atoms with Crippen molar-refractivity contribution in [2.75, 3.05) is 23.8 Å². The van der Waals surface area contributed by atoms with Gasteiger partial charge in [0.25, 0.3) is 5.91 Å². The minimum Gasteiger partial charge on any atom is -0.478 e. The second kappa shape index (κ2) is 8.15. The summed E-state index contributed by atoms with van der Waals surface area (Å²) in [6, 6.07) is 13.8. The molecular weight excluding hydrogens is 304 g/mol. The first-order chi connectivity index (χ1) is 11.5. The number of carbonyl (C=O) groups excluding carboxylic acids is 1. The van der Waals surface area contributed by atoms with Gasteiger partial charge in [0, 0.05) is 24.8 Å². The first-order valence-corrected chi connectivity index (χ1v) is 7.97. The van der Waals surface area contributed by atoms with Gasteiger partial charge in [-0.1, -0.05) is 31.5 Å². The van der Waals surface area contributed by atoms with E-state index in [4.69, 9.17) is 0 Å². The van der Waals surface area contributed by atoms with Crippen molar-refractivity contribution in [3.8, 4) is 0 Å². The molecule has 5 heteroatoms. The zero-order chi connectivity index (χ0) is 17.5. The van der Waals surface area contributed by atoms with Gasteiger partial charge < -0.3 is 15.3 Å². The highest BCUT2D eigenvalue weighted by Crippen LogP contribution is 2.24. The van der Waals surface area contributed by atoms with Crippen molar-refractivity contribution in [1.29, 1.82) is 0 Å². The molecule has 0 bridgehead atoms. The number of unbranched alkanes of at least 4 members (excludes halogenated alkanes) is 1. The molecule has 0 aliphatic carbocycles. The number of nitrogens with one attached hydrogen (secondary N) is 1. The number of nitrogens with zero attached hydrogens (tertiary/aromatic N) is 1. The first kappa shape index (κ1) is 17.5. The number of carbonyl (C=O) groups is 2. The van der Waals surface area contributed by atoms with Crippen LogP contribution in [0.1, 0.15) is 40.5 Å². The second-order valence-corrected chi connectivity index (χ2v) is 5.63. The van der Waals surface area contributed by atoms with E-state index in [-0.39, 0.29) is 11.5 Å². The van der Waals surface area contributed by atoms with Crippen LogP contribution in [0, 0.1) is 0 Å². The molecule has 0 spiro atoms. The van der Waals surface area contributed by atoms with Gasteiger partial charge in [0.15, 0.2) is 0 Å². The number of anilines is 2. The monoisotopic (exact) mass is 326 g/mol. The van der Waals surface area contributed by atoms with E-state index in [2.05, 4.69) is 12.2 Å². The molecule has 24 heavy (non-hydrogen) atoms. The highest BCUT2D eigenvalue weighted by atomic mass is 16.4. The predicted molar refractivity (Wildman–Crippen MR) is 96.0 cm³/mol. The van der Waals surface area contributed by atoms with E-state index in [0.717, 1.165) is 25.1 Å². The number of rotatable bonds is 7. The summed E-state index contributed by atoms with van der Waals surface area (Å²) in [4.78, 5) is 25.8. The average Bonchev–Trinajstić information content (AvgIpc) is 2.60. The van der Waals surface area contributed by atoms with Crippen molar-refractivity contribution < 1.29 is 14.7 Å². The minimum atomic E-state index is -1.07. The topological polar surface area (TPSA) is 69.6 Å². The van der Waals surface area contributed by atoms with Crippen molar-refractivity contribution in [3.05, 3.63) is 59.7 Å². The number of carboxylic acids is 1. The molecular formula is C19H22N2O3. The number of hydrogen-bond donors (Lipinski definition) is 2. The van der Waals surface area contributed by atoms with E-state index in [9.17, 15) is 14.7 Å². The molecule has 0 aliphatic heterocycles. The third-order valence-electron chi connectivity index (χ3n) is 3.81. The lowest BCUT2D eigenvalue weighted by Crippen LogP contribution is -2.20.